The van der Waals surface area contributed by atoms with Crippen LogP contribution in [0.25, 0.3) is 21.3 Å². The van der Waals surface area contributed by atoms with E-state index in [1.54, 1.807) is 17.5 Å². The molecule has 30 heavy (non-hydrogen) atoms. The Hall–Kier alpha value is -3.46. The third kappa shape index (κ3) is 3.97. The number of benzene rings is 2. The number of nitrogens with one attached hydrogen (secondary N) is 1. The van der Waals surface area contributed by atoms with Gasteiger partial charge in [-0.05, 0) is 29.8 Å². The lowest BCUT2D eigenvalue weighted by atomic mass is 10.1. The number of hydrogen-bond acceptors (Lipinski definition) is 4. The Bertz CT molecular complexity index is 1300. The zero-order chi connectivity index (χ0) is 21.3. The molecule has 0 unspecified atom stereocenters. The maximum atomic E-state index is 13.3. The lowest BCUT2D eigenvalue weighted by molar-refractivity contribution is -0.116. The normalized spacial score (nSPS) is 11.0. The monoisotopic (exact) mass is 429 g/mol. The van der Waals surface area contributed by atoms with Gasteiger partial charge in [-0.3, -0.25) is 14.2 Å². The molecule has 1 amide bonds. The SMILES string of the molecule is O=C(CCn1cnc2scc(-c3ccc(F)cc3)c2c1=O)Nc1ccc(F)c(F)c1. The molecule has 0 saturated carbocycles. The molecule has 0 atom stereocenters. The summed E-state index contributed by atoms with van der Waals surface area (Å²) in [5.74, 6) is -2.91. The van der Waals surface area contributed by atoms with Gasteiger partial charge < -0.3 is 5.32 Å². The van der Waals surface area contributed by atoms with Crippen molar-refractivity contribution in [1.82, 2.24) is 9.55 Å². The Morgan fingerprint density at radius 2 is 1.83 bits per heavy atom. The first kappa shape index (κ1) is 19.8. The van der Waals surface area contributed by atoms with Crippen LogP contribution in [0.5, 0.6) is 0 Å². The van der Waals surface area contributed by atoms with Crippen molar-refractivity contribution in [2.45, 2.75) is 13.0 Å². The van der Waals surface area contributed by atoms with E-state index in [0.29, 0.717) is 21.3 Å². The molecule has 2 heterocycles. The van der Waals surface area contributed by atoms with Gasteiger partial charge in [-0.1, -0.05) is 12.1 Å². The van der Waals surface area contributed by atoms with Crippen LogP contribution in [0.2, 0.25) is 0 Å². The van der Waals surface area contributed by atoms with E-state index in [0.717, 1.165) is 12.1 Å². The number of nitrogens with zero attached hydrogens (tertiary/aromatic N) is 2. The first-order valence-corrected chi connectivity index (χ1v) is 9.78. The van der Waals surface area contributed by atoms with E-state index in [1.807, 2.05) is 0 Å². The molecule has 1 N–H and O–H groups in total. The van der Waals surface area contributed by atoms with Gasteiger partial charge in [0.25, 0.3) is 5.56 Å². The predicted octanol–water partition coefficient (Wildman–Crippen LogP) is 4.57. The number of hydrogen-bond donors (Lipinski definition) is 1. The summed E-state index contributed by atoms with van der Waals surface area (Å²) in [5, 5.41) is 4.64. The van der Waals surface area contributed by atoms with E-state index in [-0.39, 0.29) is 30.0 Å². The molecule has 9 heteroatoms. The van der Waals surface area contributed by atoms with Crippen molar-refractivity contribution >= 4 is 33.1 Å². The van der Waals surface area contributed by atoms with Gasteiger partial charge in [-0.15, -0.1) is 11.3 Å². The molecule has 152 valence electrons. The van der Waals surface area contributed by atoms with Gasteiger partial charge in [0.05, 0.1) is 11.7 Å². The minimum Gasteiger partial charge on any atom is -0.326 e. The van der Waals surface area contributed by atoms with Gasteiger partial charge in [-0.2, -0.15) is 0 Å². The van der Waals surface area contributed by atoms with Gasteiger partial charge in [0.1, 0.15) is 10.6 Å². The maximum absolute atomic E-state index is 13.3. The van der Waals surface area contributed by atoms with Crippen LogP contribution in [0.1, 0.15) is 6.42 Å². The quantitative estimate of drug-likeness (QED) is 0.506. The Kier molecular flexibility index (Phi) is 5.37. The molecule has 4 aromatic rings. The smallest absolute Gasteiger partial charge is 0.262 e. The number of amides is 1. The van der Waals surface area contributed by atoms with Crippen LogP contribution in [0.15, 0.2) is 59.0 Å². The molecule has 0 aliphatic carbocycles. The molecular formula is C21H14F3N3O2S. The lowest BCUT2D eigenvalue weighted by Crippen LogP contribution is -2.23. The van der Waals surface area contributed by atoms with Crippen LogP contribution < -0.4 is 10.9 Å². The van der Waals surface area contributed by atoms with Gasteiger partial charge in [-0.25, -0.2) is 18.2 Å². The summed E-state index contributed by atoms with van der Waals surface area (Å²) in [6.45, 7) is 0.0516. The number of anilines is 1. The first-order valence-electron chi connectivity index (χ1n) is 8.90. The highest BCUT2D eigenvalue weighted by Crippen LogP contribution is 2.30. The Labute approximate surface area is 172 Å². The number of rotatable bonds is 5. The molecule has 4 rings (SSSR count). The number of aryl methyl sites for hydroxylation is 1. The summed E-state index contributed by atoms with van der Waals surface area (Å²) in [6.07, 6.45) is 1.29. The molecule has 2 aromatic carbocycles. The van der Waals surface area contributed by atoms with Crippen molar-refractivity contribution in [3.63, 3.8) is 0 Å². The highest BCUT2D eigenvalue weighted by molar-refractivity contribution is 7.17. The van der Waals surface area contributed by atoms with Gasteiger partial charge >= 0.3 is 0 Å². The predicted molar refractivity (Wildman–Crippen MR) is 109 cm³/mol. The first-order chi connectivity index (χ1) is 14.4. The summed E-state index contributed by atoms with van der Waals surface area (Å²) >= 11 is 1.30. The second-order valence-electron chi connectivity index (χ2n) is 6.51. The second kappa shape index (κ2) is 8.11. The van der Waals surface area contributed by atoms with Crippen LogP contribution in [-0.2, 0) is 11.3 Å². The lowest BCUT2D eigenvalue weighted by Gasteiger charge is -2.08. The average Bonchev–Trinajstić information content (AvgIpc) is 3.16. The molecular weight excluding hydrogens is 415 g/mol. The second-order valence-corrected chi connectivity index (χ2v) is 7.36. The molecule has 0 fully saturated rings. The van der Waals surface area contributed by atoms with Crippen molar-refractivity contribution in [2.75, 3.05) is 5.32 Å². The van der Waals surface area contributed by atoms with Crippen LogP contribution in [0.3, 0.4) is 0 Å². The van der Waals surface area contributed by atoms with E-state index in [4.69, 9.17) is 0 Å². The molecule has 0 aliphatic heterocycles. The molecule has 0 spiro atoms. The standard InChI is InChI=1S/C21H14F3N3O2S/c22-13-3-1-12(2-4-13)15-10-30-20-19(15)21(29)27(11-25-20)8-7-18(28)26-14-5-6-16(23)17(24)9-14/h1-6,9-11H,7-8H2,(H,26,28). The largest absolute Gasteiger partial charge is 0.326 e. The number of carbonyl (C=O) groups is 1. The van der Waals surface area contributed by atoms with Crippen molar-refractivity contribution in [3.8, 4) is 11.1 Å². The maximum Gasteiger partial charge on any atom is 0.262 e. The molecule has 5 nitrogen and oxygen atoms in total. The third-order valence-electron chi connectivity index (χ3n) is 4.50. The van der Waals surface area contributed by atoms with Crippen LogP contribution in [-0.4, -0.2) is 15.5 Å². The Morgan fingerprint density at radius 1 is 1.07 bits per heavy atom. The Morgan fingerprint density at radius 3 is 2.57 bits per heavy atom. The number of carbonyl (C=O) groups excluding carboxylic acids is 1. The topological polar surface area (TPSA) is 64.0 Å². The molecule has 0 saturated heterocycles. The third-order valence-corrected chi connectivity index (χ3v) is 5.39. The fourth-order valence-electron chi connectivity index (χ4n) is 2.99. The highest BCUT2D eigenvalue weighted by Gasteiger charge is 2.14. The van der Waals surface area contributed by atoms with E-state index >= 15 is 0 Å². The summed E-state index contributed by atoms with van der Waals surface area (Å²) in [5.41, 5.74) is 1.14. The van der Waals surface area contributed by atoms with Crippen molar-refractivity contribution < 1.29 is 18.0 Å². The minimum absolute atomic E-state index is 0.0516. The van der Waals surface area contributed by atoms with Crippen LogP contribution in [0.4, 0.5) is 18.9 Å². The average molecular weight is 429 g/mol. The fourth-order valence-corrected chi connectivity index (χ4v) is 3.89. The molecule has 0 radical (unpaired) electrons. The van der Waals surface area contributed by atoms with Crippen molar-refractivity contribution in [2.24, 2.45) is 0 Å². The molecule has 2 aromatic heterocycles. The number of fused-ring (bicyclic) bond motifs is 1. The van der Waals surface area contributed by atoms with E-state index in [2.05, 4.69) is 10.3 Å². The highest BCUT2D eigenvalue weighted by atomic mass is 32.1. The van der Waals surface area contributed by atoms with Gasteiger partial charge in [0.2, 0.25) is 5.91 Å². The van der Waals surface area contributed by atoms with E-state index in [1.165, 1.54) is 40.4 Å². The summed E-state index contributed by atoms with van der Waals surface area (Å²) in [7, 11) is 0. The molecule has 0 bridgehead atoms. The number of halogens is 3. The van der Waals surface area contributed by atoms with Gasteiger partial charge in [0, 0.05) is 35.7 Å². The summed E-state index contributed by atoms with van der Waals surface area (Å²) < 4.78 is 40.7. The minimum atomic E-state index is -1.07. The van der Waals surface area contributed by atoms with Gasteiger partial charge in [0.15, 0.2) is 11.6 Å². The van der Waals surface area contributed by atoms with E-state index < -0.39 is 17.5 Å². The number of thiophene rings is 1. The van der Waals surface area contributed by atoms with E-state index in [9.17, 15) is 22.8 Å². The number of aromatic nitrogens is 2. The Balaban J connectivity index is 1.54. The van der Waals surface area contributed by atoms with Crippen molar-refractivity contribution in [1.29, 1.82) is 0 Å². The zero-order valence-corrected chi connectivity index (χ0v) is 16.2. The summed E-state index contributed by atoms with van der Waals surface area (Å²) in [6, 6.07) is 8.85. The van der Waals surface area contributed by atoms with Crippen LogP contribution in [0, 0.1) is 17.5 Å². The van der Waals surface area contributed by atoms with Crippen LogP contribution >= 0.6 is 11.3 Å². The summed E-state index contributed by atoms with van der Waals surface area (Å²) in [4.78, 5) is 29.9. The van der Waals surface area contributed by atoms with Crippen molar-refractivity contribution in [3.05, 3.63) is 82.0 Å². The molecule has 0 aliphatic rings. The zero-order valence-electron chi connectivity index (χ0n) is 15.4. The fraction of sp³-hybridized carbons (Fsp3) is 0.0952.